The van der Waals surface area contributed by atoms with E-state index in [-0.39, 0.29) is 0 Å². The number of carbonyl (C=O) groups excluding carboxylic acids is 2. The van der Waals surface area contributed by atoms with Gasteiger partial charge in [-0.3, -0.25) is 4.90 Å². The van der Waals surface area contributed by atoms with Crippen LogP contribution in [0.15, 0.2) is 30.3 Å². The number of hydrogen-bond acceptors (Lipinski definition) is 5. The van der Waals surface area contributed by atoms with Crippen LogP contribution in [0.2, 0.25) is 0 Å². The van der Waals surface area contributed by atoms with Gasteiger partial charge in [-0.1, -0.05) is 30.3 Å². The highest BCUT2D eigenvalue weighted by Gasteiger charge is 2.54. The molecule has 0 aromatic heterocycles. The second-order valence-corrected chi connectivity index (χ2v) is 7.21. The molecule has 1 fully saturated rings. The molecule has 1 saturated heterocycles. The average molecular weight is 335 g/mol. The SMILES string of the molecule is COC(=O)C1OC(C)(C)N(C(=O)OC(C)(C)C)C1c1ccccc1. The molecule has 24 heavy (non-hydrogen) atoms. The highest BCUT2D eigenvalue weighted by Crippen LogP contribution is 2.42. The summed E-state index contributed by atoms with van der Waals surface area (Å²) in [7, 11) is 1.30. The van der Waals surface area contributed by atoms with Crippen molar-refractivity contribution in [2.75, 3.05) is 7.11 Å². The minimum Gasteiger partial charge on any atom is -0.467 e. The van der Waals surface area contributed by atoms with E-state index in [4.69, 9.17) is 14.2 Å². The van der Waals surface area contributed by atoms with E-state index in [0.717, 1.165) is 5.56 Å². The van der Waals surface area contributed by atoms with Gasteiger partial charge in [0, 0.05) is 0 Å². The summed E-state index contributed by atoms with van der Waals surface area (Å²) in [6, 6.07) is 8.65. The van der Waals surface area contributed by atoms with E-state index in [1.54, 1.807) is 34.6 Å². The Bertz CT molecular complexity index is 606. The van der Waals surface area contributed by atoms with E-state index in [1.165, 1.54) is 12.0 Å². The number of rotatable bonds is 2. The lowest BCUT2D eigenvalue weighted by molar-refractivity contribution is -0.158. The summed E-state index contributed by atoms with van der Waals surface area (Å²) >= 11 is 0. The molecule has 0 spiro atoms. The van der Waals surface area contributed by atoms with Crippen LogP contribution < -0.4 is 0 Å². The predicted octanol–water partition coefficient (Wildman–Crippen LogP) is 3.27. The van der Waals surface area contributed by atoms with E-state index in [1.807, 2.05) is 30.3 Å². The van der Waals surface area contributed by atoms with Gasteiger partial charge in [0.25, 0.3) is 0 Å². The Balaban J connectivity index is 2.47. The molecular weight excluding hydrogens is 310 g/mol. The smallest absolute Gasteiger partial charge is 0.413 e. The van der Waals surface area contributed by atoms with Crippen LogP contribution in [0.4, 0.5) is 4.79 Å². The van der Waals surface area contributed by atoms with Crippen LogP contribution >= 0.6 is 0 Å². The van der Waals surface area contributed by atoms with Crippen LogP contribution in [0.1, 0.15) is 46.2 Å². The summed E-state index contributed by atoms with van der Waals surface area (Å²) < 4.78 is 16.3. The molecule has 0 N–H and O–H groups in total. The third kappa shape index (κ3) is 3.70. The second-order valence-electron chi connectivity index (χ2n) is 7.21. The zero-order valence-corrected chi connectivity index (χ0v) is 15.0. The fourth-order valence-electron chi connectivity index (χ4n) is 2.81. The van der Waals surface area contributed by atoms with E-state index < -0.39 is 35.5 Å². The number of ether oxygens (including phenoxy) is 3. The molecule has 0 aliphatic carbocycles. The van der Waals surface area contributed by atoms with Crippen molar-refractivity contribution >= 4 is 12.1 Å². The van der Waals surface area contributed by atoms with Gasteiger partial charge >= 0.3 is 12.1 Å². The van der Waals surface area contributed by atoms with Gasteiger partial charge < -0.3 is 14.2 Å². The topological polar surface area (TPSA) is 65.1 Å². The standard InChI is InChI=1S/C18H25NO5/c1-17(2,3)24-16(21)19-13(12-10-8-7-9-11-12)14(15(20)22-6)23-18(19,4)5/h7-11,13-14H,1-6H3. The normalized spacial score (nSPS) is 23.0. The number of esters is 1. The number of carbonyl (C=O) groups is 2. The lowest BCUT2D eigenvalue weighted by Crippen LogP contribution is -2.47. The van der Waals surface area contributed by atoms with E-state index in [0.29, 0.717) is 0 Å². The molecule has 132 valence electrons. The molecule has 1 aromatic carbocycles. The van der Waals surface area contributed by atoms with Crippen molar-refractivity contribution in [2.45, 2.75) is 58.1 Å². The Morgan fingerprint density at radius 3 is 2.25 bits per heavy atom. The fourth-order valence-corrected chi connectivity index (χ4v) is 2.81. The molecule has 2 atom stereocenters. The third-order valence-corrected chi connectivity index (χ3v) is 3.73. The Morgan fingerprint density at radius 1 is 1.17 bits per heavy atom. The second kappa shape index (κ2) is 6.43. The number of benzene rings is 1. The van der Waals surface area contributed by atoms with Crippen LogP contribution in [0, 0.1) is 0 Å². The summed E-state index contributed by atoms with van der Waals surface area (Å²) in [5.41, 5.74) is -0.885. The quantitative estimate of drug-likeness (QED) is 0.776. The Morgan fingerprint density at radius 2 is 1.75 bits per heavy atom. The van der Waals surface area contributed by atoms with Crippen molar-refractivity contribution in [3.8, 4) is 0 Å². The fraction of sp³-hybridized carbons (Fsp3) is 0.556. The third-order valence-electron chi connectivity index (χ3n) is 3.73. The van der Waals surface area contributed by atoms with Gasteiger partial charge in [-0.2, -0.15) is 0 Å². The van der Waals surface area contributed by atoms with Crippen molar-refractivity contribution in [1.82, 2.24) is 4.90 Å². The largest absolute Gasteiger partial charge is 0.467 e. The van der Waals surface area contributed by atoms with Crippen molar-refractivity contribution in [2.24, 2.45) is 0 Å². The van der Waals surface area contributed by atoms with Crippen molar-refractivity contribution < 1.29 is 23.8 Å². The summed E-state index contributed by atoms with van der Waals surface area (Å²) in [4.78, 5) is 26.5. The Hall–Kier alpha value is -2.08. The molecule has 1 aliphatic rings. The van der Waals surface area contributed by atoms with E-state index in [9.17, 15) is 9.59 Å². The van der Waals surface area contributed by atoms with Gasteiger partial charge in [0.2, 0.25) is 0 Å². The molecule has 6 nitrogen and oxygen atoms in total. The first kappa shape index (κ1) is 18.3. The molecule has 6 heteroatoms. The molecule has 2 unspecified atom stereocenters. The monoisotopic (exact) mass is 335 g/mol. The summed E-state index contributed by atoms with van der Waals surface area (Å²) in [5.74, 6) is -0.525. The highest BCUT2D eigenvalue weighted by atomic mass is 16.6. The minimum atomic E-state index is -1.01. The summed E-state index contributed by atoms with van der Waals surface area (Å²) in [6.07, 6.45) is -1.45. The van der Waals surface area contributed by atoms with Crippen LogP contribution in [0.3, 0.4) is 0 Å². The molecule has 2 rings (SSSR count). The lowest BCUT2D eigenvalue weighted by Gasteiger charge is -2.35. The summed E-state index contributed by atoms with van der Waals surface area (Å²) in [6.45, 7) is 8.85. The van der Waals surface area contributed by atoms with Crippen LogP contribution in [-0.4, -0.2) is 41.5 Å². The Kier molecular flexibility index (Phi) is 4.90. The molecule has 0 saturated carbocycles. The average Bonchev–Trinajstić information content (AvgIpc) is 2.77. The maximum Gasteiger partial charge on any atom is 0.413 e. The number of nitrogens with zero attached hydrogens (tertiary/aromatic N) is 1. The maximum absolute atomic E-state index is 12.8. The number of amides is 1. The lowest BCUT2D eigenvalue weighted by atomic mass is 10.0. The van der Waals surface area contributed by atoms with E-state index >= 15 is 0 Å². The van der Waals surface area contributed by atoms with Gasteiger partial charge in [0.1, 0.15) is 17.4 Å². The molecular formula is C18H25NO5. The maximum atomic E-state index is 12.8. The van der Waals surface area contributed by atoms with Crippen LogP contribution in [-0.2, 0) is 19.0 Å². The first-order valence-electron chi connectivity index (χ1n) is 7.90. The van der Waals surface area contributed by atoms with Gasteiger partial charge in [-0.05, 0) is 40.2 Å². The molecule has 0 radical (unpaired) electrons. The van der Waals surface area contributed by atoms with Gasteiger partial charge in [0.15, 0.2) is 6.10 Å². The first-order valence-corrected chi connectivity index (χ1v) is 7.90. The Labute approximate surface area is 142 Å². The van der Waals surface area contributed by atoms with E-state index in [2.05, 4.69) is 0 Å². The van der Waals surface area contributed by atoms with Gasteiger partial charge in [-0.25, -0.2) is 9.59 Å². The molecule has 1 amide bonds. The van der Waals surface area contributed by atoms with Crippen molar-refractivity contribution in [3.63, 3.8) is 0 Å². The first-order chi connectivity index (χ1) is 11.1. The zero-order valence-electron chi connectivity index (χ0n) is 15.0. The highest BCUT2D eigenvalue weighted by molar-refractivity contribution is 5.79. The van der Waals surface area contributed by atoms with Crippen LogP contribution in [0.25, 0.3) is 0 Å². The van der Waals surface area contributed by atoms with Crippen molar-refractivity contribution in [1.29, 1.82) is 0 Å². The number of hydrogen-bond donors (Lipinski definition) is 0. The summed E-state index contributed by atoms with van der Waals surface area (Å²) in [5, 5.41) is 0. The van der Waals surface area contributed by atoms with Gasteiger partial charge in [0.05, 0.1) is 7.11 Å². The molecule has 1 aliphatic heterocycles. The van der Waals surface area contributed by atoms with Crippen LogP contribution in [0.5, 0.6) is 0 Å². The number of methoxy groups -OCH3 is 1. The molecule has 0 bridgehead atoms. The predicted molar refractivity (Wildman–Crippen MR) is 88.2 cm³/mol. The molecule has 1 heterocycles. The van der Waals surface area contributed by atoms with Crippen molar-refractivity contribution in [3.05, 3.63) is 35.9 Å². The minimum absolute atomic E-state index is 0.525. The van der Waals surface area contributed by atoms with Gasteiger partial charge in [-0.15, -0.1) is 0 Å². The zero-order chi connectivity index (χ0) is 18.1. The molecule has 1 aromatic rings.